The lowest BCUT2D eigenvalue weighted by molar-refractivity contribution is -0.133. The van der Waals surface area contributed by atoms with E-state index in [1.165, 1.54) is 0 Å². The summed E-state index contributed by atoms with van der Waals surface area (Å²) in [6, 6.07) is 21.1. The van der Waals surface area contributed by atoms with E-state index in [1.807, 2.05) is 73.8 Å². The van der Waals surface area contributed by atoms with E-state index in [4.69, 9.17) is 11.6 Å². The fraction of sp³-hybridized carbons (Fsp3) is 0.222. The molecule has 178 valence electrons. The van der Waals surface area contributed by atoms with Crippen LogP contribution in [0.3, 0.4) is 0 Å². The number of carbonyl (C=O) groups is 2. The van der Waals surface area contributed by atoms with Gasteiger partial charge in [-0.1, -0.05) is 59.6 Å². The van der Waals surface area contributed by atoms with Crippen LogP contribution in [0, 0.1) is 6.92 Å². The predicted octanol–water partition coefficient (Wildman–Crippen LogP) is 5.30. The molecule has 2 aromatic carbocycles. The topological polar surface area (TPSA) is 67.2 Å². The minimum absolute atomic E-state index is 0.212. The van der Waals surface area contributed by atoms with E-state index in [-0.39, 0.29) is 18.4 Å². The number of fused-ring (bicyclic) bond motifs is 1. The van der Waals surface area contributed by atoms with Crippen LogP contribution in [0.5, 0.6) is 0 Å². The van der Waals surface area contributed by atoms with Crippen LogP contribution in [0.25, 0.3) is 10.6 Å². The second-order valence-corrected chi connectivity index (χ2v) is 10.4. The molecule has 0 unspecified atom stereocenters. The second kappa shape index (κ2) is 9.32. The van der Waals surface area contributed by atoms with E-state index in [2.05, 4.69) is 10.4 Å². The summed E-state index contributed by atoms with van der Waals surface area (Å²) in [7, 11) is 0. The molecule has 1 aliphatic rings. The third-order valence-electron chi connectivity index (χ3n) is 6.39. The molecule has 1 N–H and O–H groups in total. The summed E-state index contributed by atoms with van der Waals surface area (Å²) in [5.41, 5.74) is 3.14. The van der Waals surface area contributed by atoms with Gasteiger partial charge in [-0.15, -0.1) is 11.3 Å². The van der Waals surface area contributed by atoms with Crippen LogP contribution in [-0.4, -0.2) is 32.0 Å². The van der Waals surface area contributed by atoms with Gasteiger partial charge < -0.3 is 10.2 Å². The highest BCUT2D eigenvalue weighted by Crippen LogP contribution is 2.32. The first-order valence-corrected chi connectivity index (χ1v) is 12.6. The first-order valence-electron chi connectivity index (χ1n) is 11.4. The van der Waals surface area contributed by atoms with Crippen LogP contribution < -0.4 is 5.32 Å². The minimum atomic E-state index is -1.12. The highest BCUT2D eigenvalue weighted by atomic mass is 35.5. The molecule has 8 heteroatoms. The van der Waals surface area contributed by atoms with Crippen molar-refractivity contribution in [1.29, 1.82) is 0 Å². The SMILES string of the molecule is Cc1ccc(CN2C(=O)c3cc(-c4cccs4)nn3C[C@@]2(C)C(=O)NCc2ccc(Cl)cc2)cc1. The number of halogens is 1. The molecule has 0 saturated carbocycles. The molecular formula is C27H25ClN4O2S. The van der Waals surface area contributed by atoms with Gasteiger partial charge in [0.1, 0.15) is 16.9 Å². The van der Waals surface area contributed by atoms with Crippen LogP contribution >= 0.6 is 22.9 Å². The van der Waals surface area contributed by atoms with Crippen LogP contribution in [0.1, 0.15) is 34.1 Å². The molecule has 2 amide bonds. The third-order valence-corrected chi connectivity index (χ3v) is 7.53. The summed E-state index contributed by atoms with van der Waals surface area (Å²) < 4.78 is 1.67. The molecule has 0 fully saturated rings. The maximum absolute atomic E-state index is 13.8. The van der Waals surface area contributed by atoms with E-state index in [0.717, 1.165) is 27.3 Å². The van der Waals surface area contributed by atoms with Crippen molar-refractivity contribution in [3.8, 4) is 10.6 Å². The Morgan fingerprint density at radius 2 is 1.83 bits per heavy atom. The normalized spacial score (nSPS) is 17.3. The first kappa shape index (κ1) is 23.3. The Kier molecular flexibility index (Phi) is 6.21. The molecule has 0 spiro atoms. The number of amides is 2. The average Bonchev–Trinajstić information content (AvgIpc) is 3.52. The Bertz CT molecular complexity index is 1360. The standard InChI is InChI=1S/C27H25ClN4O2S/c1-18-5-7-20(8-6-18)16-31-25(33)23-14-22(24-4-3-13-35-24)30-32(23)17-27(31,2)26(34)29-15-19-9-11-21(28)12-10-19/h3-14H,15-17H2,1-2H3,(H,29,34)/t27-/m0/s1. The summed E-state index contributed by atoms with van der Waals surface area (Å²) in [5, 5.41) is 10.3. The zero-order valence-electron chi connectivity index (χ0n) is 19.5. The van der Waals surface area contributed by atoms with Crippen LogP contribution in [0.15, 0.2) is 72.1 Å². The van der Waals surface area contributed by atoms with Gasteiger partial charge in [-0.3, -0.25) is 14.3 Å². The van der Waals surface area contributed by atoms with Gasteiger partial charge in [-0.05, 0) is 54.6 Å². The lowest BCUT2D eigenvalue weighted by Crippen LogP contribution is -2.63. The van der Waals surface area contributed by atoms with Gasteiger partial charge in [0.05, 0.1) is 11.4 Å². The highest BCUT2D eigenvalue weighted by Gasteiger charge is 2.48. The van der Waals surface area contributed by atoms with Gasteiger partial charge >= 0.3 is 0 Å². The molecule has 35 heavy (non-hydrogen) atoms. The molecule has 0 saturated heterocycles. The average molecular weight is 505 g/mol. The molecular weight excluding hydrogens is 480 g/mol. The quantitative estimate of drug-likeness (QED) is 0.387. The van der Waals surface area contributed by atoms with Gasteiger partial charge in [-0.25, -0.2) is 0 Å². The van der Waals surface area contributed by atoms with E-state index < -0.39 is 5.54 Å². The fourth-order valence-electron chi connectivity index (χ4n) is 4.29. The number of nitrogens with one attached hydrogen (secondary N) is 1. The highest BCUT2D eigenvalue weighted by molar-refractivity contribution is 7.13. The molecule has 0 bridgehead atoms. The van der Waals surface area contributed by atoms with Gasteiger partial charge in [0.2, 0.25) is 5.91 Å². The minimum Gasteiger partial charge on any atom is -0.350 e. The maximum Gasteiger partial charge on any atom is 0.273 e. The van der Waals surface area contributed by atoms with Crippen molar-refractivity contribution in [3.05, 3.63) is 99.5 Å². The van der Waals surface area contributed by atoms with E-state index >= 15 is 0 Å². The van der Waals surface area contributed by atoms with Crippen molar-refractivity contribution < 1.29 is 9.59 Å². The van der Waals surface area contributed by atoms with Crippen molar-refractivity contribution in [2.75, 3.05) is 0 Å². The summed E-state index contributed by atoms with van der Waals surface area (Å²) >= 11 is 7.56. The molecule has 1 atom stereocenters. The number of hydrogen-bond donors (Lipinski definition) is 1. The zero-order chi connectivity index (χ0) is 24.6. The number of aryl methyl sites for hydroxylation is 1. The Labute approximate surface area is 213 Å². The van der Waals surface area contributed by atoms with Gasteiger partial charge in [-0.2, -0.15) is 5.10 Å². The summed E-state index contributed by atoms with van der Waals surface area (Å²) in [6.45, 7) is 4.76. The van der Waals surface area contributed by atoms with Gasteiger partial charge in [0, 0.05) is 18.1 Å². The zero-order valence-corrected chi connectivity index (χ0v) is 21.1. The van der Waals surface area contributed by atoms with Gasteiger partial charge in [0.25, 0.3) is 5.91 Å². The van der Waals surface area contributed by atoms with E-state index in [9.17, 15) is 9.59 Å². The number of carbonyl (C=O) groups excluding carboxylic acids is 2. The molecule has 0 radical (unpaired) electrons. The Morgan fingerprint density at radius 1 is 1.11 bits per heavy atom. The second-order valence-electron chi connectivity index (χ2n) is 9.01. The number of hydrogen-bond acceptors (Lipinski definition) is 4. The molecule has 4 aromatic rings. The fourth-order valence-corrected chi connectivity index (χ4v) is 5.09. The van der Waals surface area contributed by atoms with E-state index in [0.29, 0.717) is 23.8 Å². The Morgan fingerprint density at radius 3 is 2.51 bits per heavy atom. The number of aromatic nitrogens is 2. The largest absolute Gasteiger partial charge is 0.350 e. The van der Waals surface area contributed by atoms with Crippen molar-refractivity contribution in [2.45, 2.75) is 39.0 Å². The predicted molar refractivity (Wildman–Crippen MR) is 138 cm³/mol. The van der Waals surface area contributed by atoms with Crippen molar-refractivity contribution >= 4 is 34.8 Å². The van der Waals surface area contributed by atoms with Crippen LogP contribution in [0.2, 0.25) is 5.02 Å². The molecule has 6 nitrogen and oxygen atoms in total. The smallest absolute Gasteiger partial charge is 0.273 e. The number of rotatable bonds is 6. The van der Waals surface area contributed by atoms with Gasteiger partial charge in [0.15, 0.2) is 0 Å². The Hall–Kier alpha value is -3.42. The molecule has 2 aromatic heterocycles. The molecule has 5 rings (SSSR count). The molecule has 1 aliphatic heterocycles. The number of nitrogens with zero attached hydrogens (tertiary/aromatic N) is 3. The third kappa shape index (κ3) is 4.61. The first-order chi connectivity index (χ1) is 16.8. The summed E-state index contributed by atoms with van der Waals surface area (Å²) in [6.07, 6.45) is 0. The Balaban J connectivity index is 1.47. The van der Waals surface area contributed by atoms with E-state index in [1.54, 1.807) is 33.1 Å². The monoisotopic (exact) mass is 504 g/mol. The number of benzene rings is 2. The van der Waals surface area contributed by atoms with Crippen LogP contribution in [0.4, 0.5) is 0 Å². The summed E-state index contributed by atoms with van der Waals surface area (Å²) in [4.78, 5) is 30.1. The molecule has 0 aliphatic carbocycles. The van der Waals surface area contributed by atoms with Crippen molar-refractivity contribution in [2.24, 2.45) is 0 Å². The van der Waals surface area contributed by atoms with Crippen molar-refractivity contribution in [3.63, 3.8) is 0 Å². The maximum atomic E-state index is 13.8. The lowest BCUT2D eigenvalue weighted by Gasteiger charge is -2.43. The lowest BCUT2D eigenvalue weighted by atomic mass is 9.94. The number of thiophene rings is 1. The summed E-state index contributed by atoms with van der Waals surface area (Å²) in [5.74, 6) is -0.442. The molecule has 3 heterocycles. The van der Waals surface area contributed by atoms with Crippen LogP contribution in [-0.2, 0) is 24.4 Å². The van der Waals surface area contributed by atoms with Crippen molar-refractivity contribution in [1.82, 2.24) is 20.0 Å².